The summed E-state index contributed by atoms with van der Waals surface area (Å²) in [5.41, 5.74) is 0.698. The Balaban J connectivity index is 2.33. The van der Waals surface area contributed by atoms with Crippen LogP contribution >= 0.6 is 11.6 Å². The van der Waals surface area contributed by atoms with Gasteiger partial charge in [-0.2, -0.15) is 0 Å². The van der Waals surface area contributed by atoms with Gasteiger partial charge in [0.1, 0.15) is 17.5 Å². The minimum absolute atomic E-state index is 0.300. The lowest BCUT2D eigenvalue weighted by molar-refractivity contribution is -0.116. The lowest BCUT2D eigenvalue weighted by Crippen LogP contribution is -2.45. The van der Waals surface area contributed by atoms with Crippen molar-refractivity contribution in [1.82, 2.24) is 0 Å². The van der Waals surface area contributed by atoms with Gasteiger partial charge in [0.25, 0.3) is 0 Å². The van der Waals surface area contributed by atoms with Gasteiger partial charge in [-0.05, 0) is 37.3 Å². The first-order valence-corrected chi connectivity index (χ1v) is 10.2. The van der Waals surface area contributed by atoms with Gasteiger partial charge < -0.3 is 14.8 Å². The number of hydrogen-bond acceptors (Lipinski definition) is 5. The van der Waals surface area contributed by atoms with E-state index in [9.17, 15) is 13.2 Å². The first-order chi connectivity index (χ1) is 12.7. The van der Waals surface area contributed by atoms with Gasteiger partial charge in [0.05, 0.1) is 31.9 Å². The van der Waals surface area contributed by atoms with Crippen LogP contribution in [0.25, 0.3) is 0 Å². The second-order valence-electron chi connectivity index (χ2n) is 5.77. The number of carbonyl (C=O) groups is 1. The predicted molar refractivity (Wildman–Crippen MR) is 106 cm³/mol. The summed E-state index contributed by atoms with van der Waals surface area (Å²) in [6.07, 6.45) is 1.03. The topological polar surface area (TPSA) is 84.9 Å². The zero-order valence-corrected chi connectivity index (χ0v) is 17.0. The first-order valence-electron chi connectivity index (χ1n) is 7.95. The van der Waals surface area contributed by atoms with Crippen molar-refractivity contribution in [2.24, 2.45) is 0 Å². The molecule has 0 heterocycles. The van der Waals surface area contributed by atoms with E-state index in [1.165, 1.54) is 27.2 Å². The molecule has 0 fully saturated rings. The van der Waals surface area contributed by atoms with Crippen molar-refractivity contribution < 1.29 is 22.7 Å². The van der Waals surface area contributed by atoms with Crippen molar-refractivity contribution in [3.05, 3.63) is 47.5 Å². The first kappa shape index (κ1) is 20.9. The molecular formula is C18H21ClN2O5S. The van der Waals surface area contributed by atoms with Gasteiger partial charge in [0, 0.05) is 11.1 Å². The Morgan fingerprint density at radius 1 is 1.15 bits per heavy atom. The number of amides is 1. The van der Waals surface area contributed by atoms with Gasteiger partial charge in [-0.15, -0.1) is 0 Å². The van der Waals surface area contributed by atoms with Crippen LogP contribution in [0.5, 0.6) is 11.5 Å². The molecule has 0 saturated heterocycles. The third kappa shape index (κ3) is 5.05. The molecule has 9 heteroatoms. The van der Waals surface area contributed by atoms with Crippen molar-refractivity contribution in [1.29, 1.82) is 0 Å². The lowest BCUT2D eigenvalue weighted by Gasteiger charge is -2.28. The van der Waals surface area contributed by atoms with Crippen LogP contribution in [-0.2, 0) is 14.8 Å². The number of carbonyl (C=O) groups excluding carboxylic acids is 1. The molecule has 7 nitrogen and oxygen atoms in total. The van der Waals surface area contributed by atoms with E-state index in [1.54, 1.807) is 36.4 Å². The fourth-order valence-corrected chi connectivity index (χ4v) is 3.91. The van der Waals surface area contributed by atoms with Gasteiger partial charge in [-0.3, -0.25) is 9.10 Å². The second-order valence-corrected chi connectivity index (χ2v) is 8.07. The van der Waals surface area contributed by atoms with Crippen LogP contribution in [0.15, 0.2) is 42.5 Å². The van der Waals surface area contributed by atoms with Crippen LogP contribution < -0.4 is 19.1 Å². The zero-order chi connectivity index (χ0) is 20.2. The summed E-state index contributed by atoms with van der Waals surface area (Å²) in [6, 6.07) is 10.2. The Bertz CT molecular complexity index is 933. The molecule has 0 aliphatic carbocycles. The summed E-state index contributed by atoms with van der Waals surface area (Å²) in [7, 11) is -0.756. The van der Waals surface area contributed by atoms with Crippen LogP contribution in [0.4, 0.5) is 11.4 Å². The SMILES string of the molecule is COc1ccc(NC(=O)[C@H](C)N(c2cccc(Cl)c2)S(C)(=O)=O)c(OC)c1. The molecule has 2 aromatic carbocycles. The summed E-state index contributed by atoms with van der Waals surface area (Å²) in [5.74, 6) is 0.432. The zero-order valence-electron chi connectivity index (χ0n) is 15.4. The minimum Gasteiger partial charge on any atom is -0.497 e. The summed E-state index contributed by atoms with van der Waals surface area (Å²) in [4.78, 5) is 12.7. The summed E-state index contributed by atoms with van der Waals surface area (Å²) >= 11 is 5.97. The van der Waals surface area contributed by atoms with Crippen molar-refractivity contribution in [2.45, 2.75) is 13.0 Å². The monoisotopic (exact) mass is 412 g/mol. The Hall–Kier alpha value is -2.45. The number of anilines is 2. The van der Waals surface area contributed by atoms with Crippen molar-refractivity contribution >= 4 is 38.9 Å². The van der Waals surface area contributed by atoms with E-state index >= 15 is 0 Å². The molecule has 1 N–H and O–H groups in total. The van der Waals surface area contributed by atoms with Crippen molar-refractivity contribution in [2.75, 3.05) is 30.1 Å². The molecule has 2 aromatic rings. The number of halogens is 1. The van der Waals surface area contributed by atoms with Crippen LogP contribution in [0.2, 0.25) is 5.02 Å². The highest BCUT2D eigenvalue weighted by Gasteiger charge is 2.29. The van der Waals surface area contributed by atoms with Crippen LogP contribution in [0, 0.1) is 0 Å². The average molecular weight is 413 g/mol. The Morgan fingerprint density at radius 2 is 1.85 bits per heavy atom. The standard InChI is InChI=1S/C18H21ClN2O5S/c1-12(21(27(4,23)24)14-7-5-6-13(19)10-14)18(22)20-16-9-8-15(25-2)11-17(16)26-3/h5-12H,1-4H3,(H,20,22)/t12-/m0/s1. The maximum Gasteiger partial charge on any atom is 0.248 e. The molecule has 0 aliphatic heterocycles. The molecule has 0 aromatic heterocycles. The summed E-state index contributed by atoms with van der Waals surface area (Å²) in [5, 5.41) is 3.06. The smallest absolute Gasteiger partial charge is 0.248 e. The van der Waals surface area contributed by atoms with Gasteiger partial charge >= 0.3 is 0 Å². The quantitative estimate of drug-likeness (QED) is 0.755. The molecule has 0 aliphatic rings. The molecule has 0 unspecified atom stereocenters. The largest absolute Gasteiger partial charge is 0.497 e. The fourth-order valence-electron chi connectivity index (χ4n) is 2.56. The van der Waals surface area contributed by atoms with E-state index in [2.05, 4.69) is 5.32 Å². The fraction of sp³-hybridized carbons (Fsp3) is 0.278. The van der Waals surface area contributed by atoms with Gasteiger partial charge in [-0.1, -0.05) is 17.7 Å². The number of ether oxygens (including phenoxy) is 2. The molecule has 0 spiro atoms. The average Bonchev–Trinajstić information content (AvgIpc) is 2.60. The highest BCUT2D eigenvalue weighted by Crippen LogP contribution is 2.30. The molecule has 1 amide bonds. The normalized spacial score (nSPS) is 12.2. The number of rotatable bonds is 7. The third-order valence-electron chi connectivity index (χ3n) is 3.82. The minimum atomic E-state index is -3.74. The molecule has 0 bridgehead atoms. The number of sulfonamides is 1. The van der Waals surface area contributed by atoms with Crippen LogP contribution in [0.1, 0.15) is 6.92 Å². The Morgan fingerprint density at radius 3 is 2.41 bits per heavy atom. The van der Waals surface area contributed by atoms with Gasteiger partial charge in [0.15, 0.2) is 0 Å². The predicted octanol–water partition coefficient (Wildman–Crippen LogP) is 3.15. The number of hydrogen-bond donors (Lipinski definition) is 1. The molecule has 0 saturated carbocycles. The highest BCUT2D eigenvalue weighted by molar-refractivity contribution is 7.92. The lowest BCUT2D eigenvalue weighted by atomic mass is 10.2. The van der Waals surface area contributed by atoms with Crippen LogP contribution in [-0.4, -0.2) is 40.8 Å². The van der Waals surface area contributed by atoms with E-state index in [-0.39, 0.29) is 0 Å². The van der Waals surface area contributed by atoms with E-state index in [0.29, 0.717) is 27.9 Å². The van der Waals surface area contributed by atoms with Crippen molar-refractivity contribution in [3.8, 4) is 11.5 Å². The number of nitrogens with one attached hydrogen (secondary N) is 1. The Labute approximate surface area is 163 Å². The van der Waals surface area contributed by atoms with Crippen molar-refractivity contribution in [3.63, 3.8) is 0 Å². The molecular weight excluding hydrogens is 392 g/mol. The van der Waals surface area contributed by atoms with Gasteiger partial charge in [-0.25, -0.2) is 8.42 Å². The maximum atomic E-state index is 12.7. The number of methoxy groups -OCH3 is 2. The van der Waals surface area contributed by atoms with E-state index < -0.39 is 22.0 Å². The molecule has 0 radical (unpaired) electrons. The van der Waals surface area contributed by atoms with E-state index in [1.807, 2.05) is 0 Å². The second kappa shape index (κ2) is 8.49. The molecule has 2 rings (SSSR count). The third-order valence-corrected chi connectivity index (χ3v) is 5.29. The van der Waals surface area contributed by atoms with E-state index in [0.717, 1.165) is 10.6 Å². The molecule has 1 atom stereocenters. The molecule has 27 heavy (non-hydrogen) atoms. The number of nitrogens with zero attached hydrogens (tertiary/aromatic N) is 1. The van der Waals surface area contributed by atoms with Gasteiger partial charge in [0.2, 0.25) is 15.9 Å². The van der Waals surface area contributed by atoms with E-state index in [4.69, 9.17) is 21.1 Å². The Kier molecular flexibility index (Phi) is 6.56. The molecule has 146 valence electrons. The van der Waals surface area contributed by atoms with Crippen LogP contribution in [0.3, 0.4) is 0 Å². The maximum absolute atomic E-state index is 12.7. The summed E-state index contributed by atoms with van der Waals surface area (Å²) < 4.78 is 36.0. The number of benzene rings is 2. The highest BCUT2D eigenvalue weighted by atomic mass is 35.5. The summed E-state index contributed by atoms with van der Waals surface area (Å²) in [6.45, 7) is 1.49.